The standard InChI is InChI=1S/C11H23N/c1-2-3-4-6-11-7-5-9-12-10-8-11/h11-12H,2-10H2,1H3. The second-order valence-corrected chi connectivity index (χ2v) is 4.04. The first kappa shape index (κ1) is 10.0. The predicted octanol–water partition coefficient (Wildman–Crippen LogP) is 2.96. The van der Waals surface area contributed by atoms with Gasteiger partial charge in [0.1, 0.15) is 0 Å². The molecule has 1 atom stereocenters. The number of hydrogen-bond acceptors (Lipinski definition) is 1. The fraction of sp³-hybridized carbons (Fsp3) is 1.00. The monoisotopic (exact) mass is 169 g/mol. The lowest BCUT2D eigenvalue weighted by Gasteiger charge is -2.12. The lowest BCUT2D eigenvalue weighted by Crippen LogP contribution is -2.14. The van der Waals surface area contributed by atoms with Gasteiger partial charge in [0.25, 0.3) is 0 Å². The molecule has 1 heteroatoms. The highest BCUT2D eigenvalue weighted by Gasteiger charge is 2.10. The van der Waals surface area contributed by atoms with E-state index in [4.69, 9.17) is 0 Å². The summed E-state index contributed by atoms with van der Waals surface area (Å²) in [6.07, 6.45) is 10.0. The summed E-state index contributed by atoms with van der Waals surface area (Å²) in [5, 5.41) is 3.47. The molecular weight excluding hydrogens is 146 g/mol. The zero-order chi connectivity index (χ0) is 8.65. The molecule has 1 heterocycles. The zero-order valence-corrected chi connectivity index (χ0v) is 8.44. The van der Waals surface area contributed by atoms with Crippen LogP contribution in [0.2, 0.25) is 0 Å². The Labute approximate surface area is 76.9 Å². The highest BCUT2D eigenvalue weighted by Crippen LogP contribution is 2.20. The Morgan fingerprint density at radius 2 is 2.08 bits per heavy atom. The largest absolute Gasteiger partial charge is 0.317 e. The molecule has 1 N–H and O–H groups in total. The summed E-state index contributed by atoms with van der Waals surface area (Å²) in [5.41, 5.74) is 0. The van der Waals surface area contributed by atoms with Gasteiger partial charge in [-0.2, -0.15) is 0 Å². The summed E-state index contributed by atoms with van der Waals surface area (Å²) in [6, 6.07) is 0. The minimum atomic E-state index is 1.03. The second kappa shape index (κ2) is 6.47. The highest BCUT2D eigenvalue weighted by molar-refractivity contribution is 4.66. The number of hydrogen-bond donors (Lipinski definition) is 1. The Morgan fingerprint density at radius 1 is 1.17 bits per heavy atom. The van der Waals surface area contributed by atoms with Gasteiger partial charge in [-0.1, -0.05) is 32.6 Å². The highest BCUT2D eigenvalue weighted by atomic mass is 14.8. The molecule has 1 fully saturated rings. The Balaban J connectivity index is 2.04. The Morgan fingerprint density at radius 3 is 2.92 bits per heavy atom. The Bertz CT molecular complexity index is 93.2. The lowest BCUT2D eigenvalue weighted by atomic mass is 9.94. The quantitative estimate of drug-likeness (QED) is 0.638. The van der Waals surface area contributed by atoms with Gasteiger partial charge in [0.05, 0.1) is 0 Å². The van der Waals surface area contributed by atoms with Crippen LogP contribution in [-0.2, 0) is 0 Å². The second-order valence-electron chi connectivity index (χ2n) is 4.04. The minimum Gasteiger partial charge on any atom is -0.317 e. The van der Waals surface area contributed by atoms with Crippen molar-refractivity contribution in [1.82, 2.24) is 5.32 Å². The first-order chi connectivity index (χ1) is 5.93. The SMILES string of the molecule is CCCCCC1CCCNCC1. The third-order valence-electron chi connectivity index (χ3n) is 2.91. The Kier molecular flexibility index (Phi) is 5.42. The van der Waals surface area contributed by atoms with Gasteiger partial charge in [0.15, 0.2) is 0 Å². The van der Waals surface area contributed by atoms with Crippen LogP contribution in [0.15, 0.2) is 0 Å². The van der Waals surface area contributed by atoms with E-state index in [1.54, 1.807) is 0 Å². The molecule has 0 aromatic carbocycles. The lowest BCUT2D eigenvalue weighted by molar-refractivity contribution is 0.418. The molecule has 0 aliphatic carbocycles. The van der Waals surface area contributed by atoms with Crippen LogP contribution in [0.1, 0.15) is 51.9 Å². The normalized spacial score (nSPS) is 25.2. The van der Waals surface area contributed by atoms with E-state index in [1.165, 1.54) is 58.0 Å². The first-order valence-electron chi connectivity index (χ1n) is 5.64. The summed E-state index contributed by atoms with van der Waals surface area (Å²) >= 11 is 0. The summed E-state index contributed by atoms with van der Waals surface area (Å²) in [5.74, 6) is 1.03. The molecule has 0 aromatic heterocycles. The van der Waals surface area contributed by atoms with Gasteiger partial charge in [-0.05, 0) is 38.3 Å². The summed E-state index contributed by atoms with van der Waals surface area (Å²) in [6.45, 7) is 4.80. The van der Waals surface area contributed by atoms with Crippen molar-refractivity contribution < 1.29 is 0 Å². The predicted molar refractivity (Wildman–Crippen MR) is 54.4 cm³/mol. The topological polar surface area (TPSA) is 12.0 Å². The van der Waals surface area contributed by atoms with Crippen LogP contribution in [-0.4, -0.2) is 13.1 Å². The van der Waals surface area contributed by atoms with E-state index in [9.17, 15) is 0 Å². The molecule has 72 valence electrons. The van der Waals surface area contributed by atoms with Gasteiger partial charge >= 0.3 is 0 Å². The van der Waals surface area contributed by atoms with E-state index < -0.39 is 0 Å². The van der Waals surface area contributed by atoms with Crippen LogP contribution < -0.4 is 5.32 Å². The third kappa shape index (κ3) is 4.10. The van der Waals surface area contributed by atoms with Crippen molar-refractivity contribution in [1.29, 1.82) is 0 Å². The van der Waals surface area contributed by atoms with Crippen molar-refractivity contribution in [3.63, 3.8) is 0 Å². The van der Waals surface area contributed by atoms with Crippen molar-refractivity contribution in [3.05, 3.63) is 0 Å². The van der Waals surface area contributed by atoms with E-state index in [-0.39, 0.29) is 0 Å². The number of rotatable bonds is 4. The van der Waals surface area contributed by atoms with Gasteiger partial charge in [0, 0.05) is 0 Å². The molecule has 0 radical (unpaired) electrons. The van der Waals surface area contributed by atoms with Crippen molar-refractivity contribution >= 4 is 0 Å². The summed E-state index contributed by atoms with van der Waals surface area (Å²) in [4.78, 5) is 0. The average molecular weight is 169 g/mol. The van der Waals surface area contributed by atoms with E-state index in [2.05, 4.69) is 12.2 Å². The fourth-order valence-corrected chi connectivity index (χ4v) is 2.06. The molecule has 0 bridgehead atoms. The van der Waals surface area contributed by atoms with Gasteiger partial charge in [-0.3, -0.25) is 0 Å². The van der Waals surface area contributed by atoms with E-state index in [1.807, 2.05) is 0 Å². The molecule has 0 amide bonds. The molecule has 0 saturated carbocycles. The van der Waals surface area contributed by atoms with Crippen LogP contribution in [0.4, 0.5) is 0 Å². The summed E-state index contributed by atoms with van der Waals surface area (Å²) < 4.78 is 0. The van der Waals surface area contributed by atoms with Crippen LogP contribution >= 0.6 is 0 Å². The molecular formula is C11H23N. The van der Waals surface area contributed by atoms with Crippen molar-refractivity contribution in [2.24, 2.45) is 5.92 Å². The maximum atomic E-state index is 3.47. The third-order valence-corrected chi connectivity index (χ3v) is 2.91. The van der Waals surface area contributed by atoms with Crippen LogP contribution in [0.25, 0.3) is 0 Å². The van der Waals surface area contributed by atoms with Crippen molar-refractivity contribution in [2.45, 2.75) is 51.9 Å². The Hall–Kier alpha value is -0.0400. The van der Waals surface area contributed by atoms with Gasteiger partial charge < -0.3 is 5.32 Å². The molecule has 1 aliphatic rings. The minimum absolute atomic E-state index is 1.03. The van der Waals surface area contributed by atoms with Crippen LogP contribution in [0, 0.1) is 5.92 Å². The number of nitrogens with one attached hydrogen (secondary N) is 1. The van der Waals surface area contributed by atoms with Crippen molar-refractivity contribution in [2.75, 3.05) is 13.1 Å². The average Bonchev–Trinajstić information content (AvgIpc) is 2.33. The molecule has 0 aromatic rings. The van der Waals surface area contributed by atoms with Gasteiger partial charge in [-0.15, -0.1) is 0 Å². The molecule has 1 nitrogen and oxygen atoms in total. The summed E-state index contributed by atoms with van der Waals surface area (Å²) in [7, 11) is 0. The van der Waals surface area contributed by atoms with Crippen LogP contribution in [0.5, 0.6) is 0 Å². The smallest absolute Gasteiger partial charge is 0.00463 e. The molecule has 12 heavy (non-hydrogen) atoms. The maximum Gasteiger partial charge on any atom is -0.00463 e. The molecule has 1 aliphatic heterocycles. The molecule has 1 unspecified atom stereocenters. The van der Waals surface area contributed by atoms with E-state index >= 15 is 0 Å². The van der Waals surface area contributed by atoms with Gasteiger partial charge in [-0.25, -0.2) is 0 Å². The zero-order valence-electron chi connectivity index (χ0n) is 8.44. The maximum absolute atomic E-state index is 3.47. The molecule has 0 spiro atoms. The van der Waals surface area contributed by atoms with Gasteiger partial charge in [0.2, 0.25) is 0 Å². The van der Waals surface area contributed by atoms with E-state index in [0.717, 1.165) is 5.92 Å². The molecule has 1 rings (SSSR count). The molecule has 1 saturated heterocycles. The van der Waals surface area contributed by atoms with Crippen LogP contribution in [0.3, 0.4) is 0 Å². The van der Waals surface area contributed by atoms with Crippen molar-refractivity contribution in [3.8, 4) is 0 Å². The fourth-order valence-electron chi connectivity index (χ4n) is 2.06. The van der Waals surface area contributed by atoms with E-state index in [0.29, 0.717) is 0 Å². The first-order valence-corrected chi connectivity index (χ1v) is 5.64. The number of unbranched alkanes of at least 4 members (excludes halogenated alkanes) is 2.